The molecule has 0 saturated carbocycles. The van der Waals surface area contributed by atoms with Gasteiger partial charge in [0.05, 0.1) is 22.5 Å². The lowest BCUT2D eigenvalue weighted by molar-refractivity contribution is -0.114. The average molecular weight is 524 g/mol. The largest absolute Gasteiger partial charge is 0.478 e. The van der Waals surface area contributed by atoms with Crippen LogP contribution in [0.1, 0.15) is 39.0 Å². The molecule has 0 saturated heterocycles. The van der Waals surface area contributed by atoms with Gasteiger partial charge in [0.15, 0.2) is 0 Å². The maximum absolute atomic E-state index is 13.0. The van der Waals surface area contributed by atoms with Crippen LogP contribution in [0.15, 0.2) is 100 Å². The maximum atomic E-state index is 13.0. The van der Waals surface area contributed by atoms with E-state index < -0.39 is 11.9 Å². The fourth-order valence-electron chi connectivity index (χ4n) is 4.03. The minimum absolute atomic E-state index is 0.0534. The first kappa shape index (κ1) is 25.3. The third-order valence-electron chi connectivity index (χ3n) is 6.11. The lowest BCUT2D eigenvalue weighted by Crippen LogP contribution is -2.22. The highest BCUT2D eigenvalue weighted by atomic mass is 19.1. The van der Waals surface area contributed by atoms with Crippen LogP contribution in [-0.4, -0.2) is 28.6 Å². The summed E-state index contributed by atoms with van der Waals surface area (Å²) in [4.78, 5) is 36.8. The van der Waals surface area contributed by atoms with E-state index in [0.29, 0.717) is 34.1 Å². The minimum Gasteiger partial charge on any atom is -0.478 e. The van der Waals surface area contributed by atoms with Crippen LogP contribution in [0.4, 0.5) is 10.1 Å². The number of carboxylic acids is 1. The molecule has 2 amide bonds. The Balaban J connectivity index is 1.27. The number of halogens is 1. The van der Waals surface area contributed by atoms with Gasteiger partial charge >= 0.3 is 5.97 Å². The quantitative estimate of drug-likeness (QED) is 0.310. The second kappa shape index (κ2) is 10.6. The summed E-state index contributed by atoms with van der Waals surface area (Å²) in [6.07, 6.45) is 1.59. The van der Waals surface area contributed by atoms with Gasteiger partial charge in [0.1, 0.15) is 17.3 Å². The van der Waals surface area contributed by atoms with Crippen molar-refractivity contribution in [2.75, 3.05) is 5.01 Å². The smallest absolute Gasteiger partial charge is 0.335 e. The predicted octanol–water partition coefficient (Wildman–Crippen LogP) is 5.52. The number of furan rings is 1. The molecule has 39 heavy (non-hydrogen) atoms. The van der Waals surface area contributed by atoms with Crippen molar-refractivity contribution in [3.8, 4) is 11.3 Å². The van der Waals surface area contributed by atoms with Gasteiger partial charge in [0.2, 0.25) is 0 Å². The summed E-state index contributed by atoms with van der Waals surface area (Å²) >= 11 is 0. The summed E-state index contributed by atoms with van der Waals surface area (Å²) in [5, 5.41) is 17.5. The number of nitrogens with one attached hydrogen (secondary N) is 1. The van der Waals surface area contributed by atoms with Crippen molar-refractivity contribution in [2.24, 2.45) is 5.10 Å². The maximum Gasteiger partial charge on any atom is 0.335 e. The number of amides is 2. The van der Waals surface area contributed by atoms with Crippen LogP contribution in [0.5, 0.6) is 0 Å². The van der Waals surface area contributed by atoms with Gasteiger partial charge in [-0.15, -0.1) is 0 Å². The highest BCUT2D eigenvalue weighted by molar-refractivity contribution is 6.32. The first-order chi connectivity index (χ1) is 18.8. The molecule has 0 aliphatic carbocycles. The predicted molar refractivity (Wildman–Crippen MR) is 144 cm³/mol. The zero-order valence-electron chi connectivity index (χ0n) is 20.7. The van der Waals surface area contributed by atoms with Crippen molar-refractivity contribution in [3.05, 3.63) is 119 Å². The normalized spacial score (nSPS) is 14.0. The molecular weight excluding hydrogens is 501 g/mol. The number of carboxylic acid groups (broad SMARTS) is 1. The van der Waals surface area contributed by atoms with Crippen LogP contribution >= 0.6 is 0 Å². The van der Waals surface area contributed by atoms with Crippen molar-refractivity contribution >= 4 is 35.3 Å². The van der Waals surface area contributed by atoms with Crippen LogP contribution in [0.2, 0.25) is 0 Å². The van der Waals surface area contributed by atoms with Crippen molar-refractivity contribution in [1.29, 1.82) is 0 Å². The van der Waals surface area contributed by atoms with Gasteiger partial charge in [0, 0.05) is 17.7 Å². The number of hydrogen-bond acceptors (Lipinski definition) is 5. The van der Waals surface area contributed by atoms with E-state index in [1.807, 2.05) is 0 Å². The zero-order chi connectivity index (χ0) is 27.5. The molecule has 0 spiro atoms. The lowest BCUT2D eigenvalue weighted by atomic mass is 10.1. The Bertz CT molecular complexity index is 1640. The van der Waals surface area contributed by atoms with E-state index in [4.69, 9.17) is 4.42 Å². The van der Waals surface area contributed by atoms with Crippen molar-refractivity contribution in [2.45, 2.75) is 13.5 Å². The molecule has 5 rings (SSSR count). The first-order valence-corrected chi connectivity index (χ1v) is 12.0. The molecule has 2 heterocycles. The summed E-state index contributed by atoms with van der Waals surface area (Å²) in [7, 11) is 0. The Hall–Kier alpha value is -5.31. The molecule has 1 aromatic heterocycles. The van der Waals surface area contributed by atoms with E-state index in [-0.39, 0.29) is 23.8 Å². The topological polar surface area (TPSA) is 112 Å². The summed E-state index contributed by atoms with van der Waals surface area (Å²) in [6.45, 7) is 1.97. The van der Waals surface area contributed by atoms with Crippen molar-refractivity contribution in [1.82, 2.24) is 5.32 Å². The Morgan fingerprint density at radius 2 is 1.74 bits per heavy atom. The molecule has 1 aliphatic rings. The van der Waals surface area contributed by atoms with Gasteiger partial charge in [-0.05, 0) is 73.2 Å². The zero-order valence-corrected chi connectivity index (χ0v) is 20.7. The molecule has 4 aromatic rings. The standard InChI is InChI=1S/C30H22FN3O5/c1-18-26(29(36)34(33-18)24-4-2-3-22(15-24)30(37)38)16-25-13-14-27(39-25)20-7-9-21(10-8-20)28(35)32-17-19-5-11-23(31)12-6-19/h2-16H,17H2,1H3,(H,32,35)(H,37,38). The molecule has 194 valence electrons. The van der Waals surface area contributed by atoms with E-state index in [1.165, 1.54) is 24.3 Å². The molecule has 3 aromatic carbocycles. The van der Waals surface area contributed by atoms with Crippen molar-refractivity contribution < 1.29 is 28.3 Å². The highest BCUT2D eigenvalue weighted by Crippen LogP contribution is 2.28. The van der Waals surface area contributed by atoms with Gasteiger partial charge in [-0.2, -0.15) is 10.1 Å². The van der Waals surface area contributed by atoms with Crippen LogP contribution in [0.25, 0.3) is 17.4 Å². The number of benzene rings is 3. The Morgan fingerprint density at radius 3 is 2.46 bits per heavy atom. The average Bonchev–Trinajstić information content (AvgIpc) is 3.53. The molecule has 0 atom stereocenters. The van der Waals surface area contributed by atoms with E-state index in [2.05, 4.69) is 10.4 Å². The summed E-state index contributed by atoms with van der Waals surface area (Å²) in [5.74, 6) is -1.10. The first-order valence-electron chi connectivity index (χ1n) is 12.0. The monoisotopic (exact) mass is 523 g/mol. The van der Waals surface area contributed by atoms with Crippen LogP contribution < -0.4 is 10.3 Å². The van der Waals surface area contributed by atoms with E-state index in [1.54, 1.807) is 73.7 Å². The van der Waals surface area contributed by atoms with E-state index in [9.17, 15) is 23.9 Å². The molecule has 0 unspecified atom stereocenters. The fourth-order valence-corrected chi connectivity index (χ4v) is 4.03. The molecule has 8 nitrogen and oxygen atoms in total. The number of aromatic carboxylic acids is 1. The van der Waals surface area contributed by atoms with Gasteiger partial charge in [-0.25, -0.2) is 9.18 Å². The summed E-state index contributed by atoms with van der Waals surface area (Å²) < 4.78 is 19.0. The fraction of sp³-hybridized carbons (Fsp3) is 0.0667. The van der Waals surface area contributed by atoms with Crippen molar-refractivity contribution in [3.63, 3.8) is 0 Å². The van der Waals surface area contributed by atoms with E-state index >= 15 is 0 Å². The number of anilines is 1. The molecule has 0 fully saturated rings. The highest BCUT2D eigenvalue weighted by Gasteiger charge is 2.29. The third-order valence-corrected chi connectivity index (χ3v) is 6.11. The molecule has 0 radical (unpaired) electrons. The van der Waals surface area contributed by atoms with Gasteiger partial charge in [-0.1, -0.05) is 30.3 Å². The number of hydrogen-bond donors (Lipinski definition) is 2. The molecule has 9 heteroatoms. The number of carbonyl (C=O) groups excluding carboxylic acids is 2. The number of hydrazone groups is 1. The Labute approximate surface area is 222 Å². The van der Waals surface area contributed by atoms with Gasteiger partial charge in [0.25, 0.3) is 11.8 Å². The number of rotatable bonds is 7. The van der Waals surface area contributed by atoms with Crippen LogP contribution in [0, 0.1) is 5.82 Å². The van der Waals surface area contributed by atoms with Gasteiger partial charge in [-0.3, -0.25) is 9.59 Å². The third kappa shape index (κ3) is 5.52. The lowest BCUT2D eigenvalue weighted by Gasteiger charge is -2.12. The van der Waals surface area contributed by atoms with Crippen LogP contribution in [0.3, 0.4) is 0 Å². The number of nitrogens with zero attached hydrogens (tertiary/aromatic N) is 2. The van der Waals surface area contributed by atoms with Gasteiger partial charge < -0.3 is 14.8 Å². The molecule has 1 aliphatic heterocycles. The summed E-state index contributed by atoms with van der Waals surface area (Å²) in [5.41, 5.74) is 3.19. The van der Waals surface area contributed by atoms with Crippen LogP contribution in [-0.2, 0) is 11.3 Å². The minimum atomic E-state index is -1.10. The second-order valence-electron chi connectivity index (χ2n) is 8.80. The summed E-state index contributed by atoms with van der Waals surface area (Å²) in [6, 6.07) is 22.3. The molecular formula is C30H22FN3O5. The number of carbonyl (C=O) groups is 3. The molecule has 2 N–H and O–H groups in total. The Kier molecular flexibility index (Phi) is 6.88. The molecule has 0 bridgehead atoms. The van der Waals surface area contributed by atoms with E-state index in [0.717, 1.165) is 16.1 Å². The Morgan fingerprint density at radius 1 is 1.00 bits per heavy atom. The SMILES string of the molecule is CC1=NN(c2cccc(C(=O)O)c2)C(=O)C1=Cc1ccc(-c2ccc(C(=O)NCc3ccc(F)cc3)cc2)o1. The second-order valence-corrected chi connectivity index (χ2v) is 8.80.